The Hall–Kier alpha value is -2.11. The lowest BCUT2D eigenvalue weighted by Gasteiger charge is -2.21. The van der Waals surface area contributed by atoms with Crippen LogP contribution in [0.5, 0.6) is 6.01 Å². The Bertz CT molecular complexity index is 919. The lowest BCUT2D eigenvalue weighted by atomic mass is 9.98. The van der Waals surface area contributed by atoms with E-state index in [1.807, 2.05) is 18.2 Å². The molecule has 5 nitrogen and oxygen atoms in total. The van der Waals surface area contributed by atoms with Crippen molar-refractivity contribution < 1.29 is 9.84 Å². The second-order valence-electron chi connectivity index (χ2n) is 7.13. The van der Waals surface area contributed by atoms with Crippen molar-refractivity contribution in [1.82, 2.24) is 15.0 Å². The molecule has 2 aromatic heterocycles. The van der Waals surface area contributed by atoms with Crippen LogP contribution in [0.2, 0.25) is 5.02 Å². The maximum Gasteiger partial charge on any atom is 0.296 e. The first-order chi connectivity index (χ1) is 13.2. The SMILES string of the molecule is OCCCc1cccc(-c2nc3[nH]c(OC4CCCCC4)nc3cc2Cl)c1. The Morgan fingerprint density at radius 1 is 1.15 bits per heavy atom. The van der Waals surface area contributed by atoms with Crippen molar-refractivity contribution >= 4 is 22.8 Å². The number of aromatic nitrogens is 3. The quantitative estimate of drug-likeness (QED) is 0.632. The van der Waals surface area contributed by atoms with Gasteiger partial charge in [-0.25, -0.2) is 4.98 Å². The van der Waals surface area contributed by atoms with Gasteiger partial charge in [-0.1, -0.05) is 36.2 Å². The number of aromatic amines is 1. The number of ether oxygens (including phenoxy) is 1. The molecule has 0 atom stereocenters. The highest BCUT2D eigenvalue weighted by molar-refractivity contribution is 6.33. The number of pyridine rings is 1. The number of benzene rings is 1. The number of hydrogen-bond donors (Lipinski definition) is 2. The summed E-state index contributed by atoms with van der Waals surface area (Å²) >= 11 is 6.50. The summed E-state index contributed by atoms with van der Waals surface area (Å²) in [5, 5.41) is 9.61. The summed E-state index contributed by atoms with van der Waals surface area (Å²) in [6.45, 7) is 0.188. The molecular formula is C21H24ClN3O2. The van der Waals surface area contributed by atoms with Gasteiger partial charge in [0.25, 0.3) is 6.01 Å². The fourth-order valence-corrected chi connectivity index (χ4v) is 3.91. The molecule has 0 radical (unpaired) electrons. The molecule has 1 saturated carbocycles. The van der Waals surface area contributed by atoms with Crippen LogP contribution in [0.3, 0.4) is 0 Å². The normalized spacial score (nSPS) is 15.3. The molecule has 4 rings (SSSR count). The van der Waals surface area contributed by atoms with Crippen LogP contribution in [0.25, 0.3) is 22.4 Å². The Morgan fingerprint density at radius 3 is 2.81 bits per heavy atom. The van der Waals surface area contributed by atoms with Crippen LogP contribution in [-0.2, 0) is 6.42 Å². The molecule has 1 fully saturated rings. The molecule has 1 aromatic carbocycles. The second kappa shape index (κ2) is 8.28. The predicted molar refractivity (Wildman–Crippen MR) is 107 cm³/mol. The van der Waals surface area contributed by atoms with E-state index >= 15 is 0 Å². The number of nitrogens with zero attached hydrogens (tertiary/aromatic N) is 2. The van der Waals surface area contributed by atoms with Gasteiger partial charge in [0.2, 0.25) is 0 Å². The topological polar surface area (TPSA) is 71.0 Å². The third-order valence-electron chi connectivity index (χ3n) is 5.06. The van der Waals surface area contributed by atoms with Crippen LogP contribution in [0, 0.1) is 0 Å². The first-order valence-corrected chi connectivity index (χ1v) is 10.0. The molecule has 142 valence electrons. The van der Waals surface area contributed by atoms with Crippen LogP contribution in [0.4, 0.5) is 0 Å². The van der Waals surface area contributed by atoms with Crippen molar-refractivity contribution in [2.75, 3.05) is 6.61 Å². The van der Waals surface area contributed by atoms with Gasteiger partial charge >= 0.3 is 0 Å². The van der Waals surface area contributed by atoms with Crippen molar-refractivity contribution in [1.29, 1.82) is 0 Å². The highest BCUT2D eigenvalue weighted by Crippen LogP contribution is 2.31. The number of hydrogen-bond acceptors (Lipinski definition) is 4. The van der Waals surface area contributed by atoms with Crippen molar-refractivity contribution in [3.05, 3.63) is 40.9 Å². The number of halogens is 1. The largest absolute Gasteiger partial charge is 0.461 e. The second-order valence-corrected chi connectivity index (χ2v) is 7.54. The molecule has 0 spiro atoms. The number of aryl methyl sites for hydroxylation is 1. The van der Waals surface area contributed by atoms with Gasteiger partial charge in [0.05, 0.1) is 10.7 Å². The van der Waals surface area contributed by atoms with Gasteiger partial charge in [0.1, 0.15) is 11.6 Å². The molecule has 6 heteroatoms. The molecule has 0 aliphatic heterocycles. The molecule has 1 aliphatic rings. The molecule has 0 saturated heterocycles. The summed E-state index contributed by atoms with van der Waals surface area (Å²) in [5.41, 5.74) is 4.24. The Kier molecular flexibility index (Phi) is 5.60. The van der Waals surface area contributed by atoms with Crippen molar-refractivity contribution in [2.24, 2.45) is 0 Å². The first kappa shape index (κ1) is 18.3. The average Bonchev–Trinajstić information content (AvgIpc) is 3.07. The number of H-pyrrole nitrogens is 1. The van der Waals surface area contributed by atoms with E-state index in [9.17, 15) is 0 Å². The van der Waals surface area contributed by atoms with Crippen LogP contribution in [0.1, 0.15) is 44.1 Å². The Morgan fingerprint density at radius 2 is 2.00 bits per heavy atom. The van der Waals surface area contributed by atoms with Crippen LogP contribution in [-0.4, -0.2) is 32.8 Å². The monoisotopic (exact) mass is 385 g/mol. The van der Waals surface area contributed by atoms with E-state index in [2.05, 4.69) is 22.1 Å². The summed E-state index contributed by atoms with van der Waals surface area (Å²) in [7, 11) is 0. The molecule has 0 amide bonds. The van der Waals surface area contributed by atoms with Gasteiger partial charge in [-0.15, -0.1) is 0 Å². The number of nitrogens with one attached hydrogen (secondary N) is 1. The molecule has 27 heavy (non-hydrogen) atoms. The van der Waals surface area contributed by atoms with Crippen molar-refractivity contribution in [3.8, 4) is 17.3 Å². The minimum Gasteiger partial charge on any atom is -0.461 e. The van der Waals surface area contributed by atoms with Crippen LogP contribution < -0.4 is 4.74 Å². The van der Waals surface area contributed by atoms with Gasteiger partial charge in [0.15, 0.2) is 5.65 Å². The van der Waals surface area contributed by atoms with E-state index in [4.69, 9.17) is 26.4 Å². The fourth-order valence-electron chi connectivity index (χ4n) is 3.65. The molecule has 3 aromatic rings. The van der Waals surface area contributed by atoms with Crippen molar-refractivity contribution in [3.63, 3.8) is 0 Å². The number of aliphatic hydroxyl groups excluding tert-OH is 1. The predicted octanol–water partition coefficient (Wildman–Crippen LogP) is 4.91. The van der Waals surface area contributed by atoms with Gasteiger partial charge in [0, 0.05) is 12.2 Å². The first-order valence-electron chi connectivity index (χ1n) is 9.66. The number of imidazole rings is 1. The minimum atomic E-state index is 0.188. The molecule has 0 bridgehead atoms. The number of fused-ring (bicyclic) bond motifs is 1. The van der Waals surface area contributed by atoms with Crippen LogP contribution >= 0.6 is 11.6 Å². The molecule has 1 aliphatic carbocycles. The van der Waals surface area contributed by atoms with E-state index in [0.29, 0.717) is 22.2 Å². The summed E-state index contributed by atoms with van der Waals surface area (Å²) in [4.78, 5) is 12.4. The number of aliphatic hydroxyl groups is 1. The van der Waals surface area contributed by atoms with Gasteiger partial charge < -0.3 is 9.84 Å². The van der Waals surface area contributed by atoms with E-state index in [-0.39, 0.29) is 12.7 Å². The Labute approximate surface area is 163 Å². The average molecular weight is 386 g/mol. The van der Waals surface area contributed by atoms with Gasteiger partial charge in [-0.05, 0) is 56.2 Å². The van der Waals surface area contributed by atoms with E-state index in [1.54, 1.807) is 0 Å². The third-order valence-corrected chi connectivity index (χ3v) is 5.35. The van der Waals surface area contributed by atoms with Gasteiger partial charge in [-0.2, -0.15) is 4.98 Å². The third kappa shape index (κ3) is 4.25. The van der Waals surface area contributed by atoms with Crippen LogP contribution in [0.15, 0.2) is 30.3 Å². The van der Waals surface area contributed by atoms with E-state index in [0.717, 1.165) is 42.5 Å². The lowest BCUT2D eigenvalue weighted by molar-refractivity contribution is 0.143. The molecular weight excluding hydrogens is 362 g/mol. The standard InChI is InChI=1S/C21H24ClN3O2/c22-17-13-18-20(25-21(23-18)27-16-9-2-1-3-10-16)24-19(17)15-8-4-6-14(12-15)7-5-11-26/h4,6,8,12-13,16,26H,1-3,5,7,9-11H2,(H,23,24,25). The zero-order chi connectivity index (χ0) is 18.6. The molecule has 2 N–H and O–H groups in total. The highest BCUT2D eigenvalue weighted by Gasteiger charge is 2.18. The van der Waals surface area contributed by atoms with E-state index < -0.39 is 0 Å². The molecule has 0 unspecified atom stereocenters. The summed E-state index contributed by atoms with van der Waals surface area (Å²) in [6, 6.07) is 10.5. The zero-order valence-corrected chi connectivity index (χ0v) is 16.0. The summed E-state index contributed by atoms with van der Waals surface area (Å²) in [5.74, 6) is 0. The zero-order valence-electron chi connectivity index (χ0n) is 15.2. The summed E-state index contributed by atoms with van der Waals surface area (Å²) < 4.78 is 6.02. The van der Waals surface area contributed by atoms with E-state index in [1.165, 1.54) is 19.3 Å². The number of rotatable bonds is 6. The fraction of sp³-hybridized carbons (Fsp3) is 0.429. The van der Waals surface area contributed by atoms with Crippen molar-refractivity contribution in [2.45, 2.75) is 51.0 Å². The maximum atomic E-state index is 9.04. The molecule has 2 heterocycles. The van der Waals surface area contributed by atoms with Gasteiger partial charge in [-0.3, -0.25) is 4.98 Å². The lowest BCUT2D eigenvalue weighted by Crippen LogP contribution is -2.20. The maximum absolute atomic E-state index is 9.04. The Balaban J connectivity index is 1.61. The smallest absolute Gasteiger partial charge is 0.296 e. The summed E-state index contributed by atoms with van der Waals surface area (Å²) in [6.07, 6.45) is 7.68. The highest BCUT2D eigenvalue weighted by atomic mass is 35.5. The minimum absolute atomic E-state index is 0.188.